The van der Waals surface area contributed by atoms with E-state index >= 15 is 0 Å². The maximum absolute atomic E-state index is 13.3. The molecule has 2 aromatic carbocycles. The zero-order valence-corrected chi connectivity index (χ0v) is 9.77. The summed E-state index contributed by atoms with van der Waals surface area (Å²) in [6.07, 6.45) is 0. The molecule has 0 heterocycles. The van der Waals surface area contributed by atoms with E-state index < -0.39 is 16.6 Å². The summed E-state index contributed by atoms with van der Waals surface area (Å²) in [5.74, 6) is -1.41. The molecule has 0 amide bonds. The van der Waals surface area contributed by atoms with Crippen LogP contribution in [-0.4, -0.2) is 4.92 Å². The van der Waals surface area contributed by atoms with E-state index in [0.29, 0.717) is 5.56 Å². The van der Waals surface area contributed by atoms with Gasteiger partial charge in [-0.05, 0) is 17.7 Å². The number of rotatable bonds is 4. The van der Waals surface area contributed by atoms with E-state index in [4.69, 9.17) is 0 Å². The van der Waals surface area contributed by atoms with Crippen molar-refractivity contribution in [1.82, 2.24) is 0 Å². The molecule has 0 radical (unpaired) electrons. The van der Waals surface area contributed by atoms with Gasteiger partial charge < -0.3 is 5.32 Å². The highest BCUT2D eigenvalue weighted by molar-refractivity contribution is 5.47. The molecule has 0 atom stereocenters. The van der Waals surface area contributed by atoms with Crippen molar-refractivity contribution in [2.75, 3.05) is 5.32 Å². The maximum Gasteiger partial charge on any atom is 0.269 e. The van der Waals surface area contributed by atoms with Crippen LogP contribution < -0.4 is 5.32 Å². The van der Waals surface area contributed by atoms with Crippen LogP contribution >= 0.6 is 0 Å². The number of anilines is 1. The average molecular weight is 264 g/mol. The van der Waals surface area contributed by atoms with Gasteiger partial charge in [-0.1, -0.05) is 18.2 Å². The SMILES string of the molecule is O=[N+]([O-])c1cccc(CNc2c(F)cccc2F)c1. The van der Waals surface area contributed by atoms with E-state index in [9.17, 15) is 18.9 Å². The van der Waals surface area contributed by atoms with E-state index in [0.717, 1.165) is 12.1 Å². The lowest BCUT2D eigenvalue weighted by Crippen LogP contribution is -2.04. The van der Waals surface area contributed by atoms with Crippen molar-refractivity contribution in [3.8, 4) is 0 Å². The molecule has 0 aliphatic heterocycles. The summed E-state index contributed by atoms with van der Waals surface area (Å²) >= 11 is 0. The third kappa shape index (κ3) is 3.04. The Balaban J connectivity index is 2.15. The predicted molar refractivity (Wildman–Crippen MR) is 66.8 cm³/mol. The summed E-state index contributed by atoms with van der Waals surface area (Å²) in [5, 5.41) is 13.2. The molecule has 0 fully saturated rings. The summed E-state index contributed by atoms with van der Waals surface area (Å²) in [5.41, 5.74) is 0.263. The quantitative estimate of drug-likeness (QED) is 0.679. The van der Waals surface area contributed by atoms with Crippen LogP contribution in [0.4, 0.5) is 20.2 Å². The fraction of sp³-hybridized carbons (Fsp3) is 0.0769. The zero-order chi connectivity index (χ0) is 13.8. The fourth-order valence-corrected chi connectivity index (χ4v) is 1.64. The lowest BCUT2D eigenvalue weighted by molar-refractivity contribution is -0.384. The Labute approximate surface area is 107 Å². The molecule has 19 heavy (non-hydrogen) atoms. The number of non-ortho nitro benzene ring substituents is 1. The van der Waals surface area contributed by atoms with E-state index in [-0.39, 0.29) is 17.9 Å². The first kappa shape index (κ1) is 12.9. The summed E-state index contributed by atoms with van der Waals surface area (Å²) in [6, 6.07) is 9.41. The van der Waals surface area contributed by atoms with Gasteiger partial charge in [-0.3, -0.25) is 10.1 Å². The lowest BCUT2D eigenvalue weighted by Gasteiger charge is -2.08. The number of nitrogens with one attached hydrogen (secondary N) is 1. The van der Waals surface area contributed by atoms with E-state index in [1.807, 2.05) is 0 Å². The van der Waals surface area contributed by atoms with Gasteiger partial charge in [-0.2, -0.15) is 0 Å². The monoisotopic (exact) mass is 264 g/mol. The van der Waals surface area contributed by atoms with Gasteiger partial charge in [0.15, 0.2) is 0 Å². The van der Waals surface area contributed by atoms with Crippen molar-refractivity contribution < 1.29 is 13.7 Å². The molecule has 0 spiro atoms. The first-order chi connectivity index (χ1) is 9.08. The van der Waals surface area contributed by atoms with Gasteiger partial charge in [-0.25, -0.2) is 8.78 Å². The third-order valence-corrected chi connectivity index (χ3v) is 2.55. The van der Waals surface area contributed by atoms with Crippen molar-refractivity contribution >= 4 is 11.4 Å². The summed E-state index contributed by atoms with van der Waals surface area (Å²) in [6.45, 7) is 0.0968. The minimum Gasteiger partial charge on any atom is -0.376 e. The minimum atomic E-state index is -0.703. The van der Waals surface area contributed by atoms with Gasteiger partial charge in [-0.15, -0.1) is 0 Å². The second kappa shape index (κ2) is 5.43. The molecule has 98 valence electrons. The fourth-order valence-electron chi connectivity index (χ4n) is 1.64. The van der Waals surface area contributed by atoms with Crippen LogP contribution in [0.15, 0.2) is 42.5 Å². The number of hydrogen-bond acceptors (Lipinski definition) is 3. The van der Waals surface area contributed by atoms with Crippen LogP contribution in [0, 0.1) is 21.7 Å². The predicted octanol–water partition coefficient (Wildman–Crippen LogP) is 3.49. The maximum atomic E-state index is 13.3. The van der Waals surface area contributed by atoms with Gasteiger partial charge in [0, 0.05) is 18.7 Å². The highest BCUT2D eigenvalue weighted by Gasteiger charge is 2.09. The van der Waals surface area contributed by atoms with Gasteiger partial charge in [0.25, 0.3) is 5.69 Å². The van der Waals surface area contributed by atoms with Crippen molar-refractivity contribution in [1.29, 1.82) is 0 Å². The molecule has 0 bridgehead atoms. The summed E-state index contributed by atoms with van der Waals surface area (Å²) < 4.78 is 26.7. The van der Waals surface area contributed by atoms with Crippen LogP contribution in [-0.2, 0) is 6.54 Å². The van der Waals surface area contributed by atoms with Crippen molar-refractivity contribution in [3.63, 3.8) is 0 Å². The lowest BCUT2D eigenvalue weighted by atomic mass is 10.2. The Morgan fingerprint density at radius 2 is 1.74 bits per heavy atom. The third-order valence-electron chi connectivity index (χ3n) is 2.55. The molecule has 0 saturated heterocycles. The Morgan fingerprint density at radius 1 is 1.11 bits per heavy atom. The summed E-state index contributed by atoms with van der Waals surface area (Å²) in [7, 11) is 0. The molecule has 4 nitrogen and oxygen atoms in total. The molecule has 0 saturated carbocycles. The first-order valence-electron chi connectivity index (χ1n) is 5.49. The molecule has 6 heteroatoms. The largest absolute Gasteiger partial charge is 0.376 e. The Hall–Kier alpha value is -2.50. The molecule has 1 N–H and O–H groups in total. The number of nitro benzene ring substituents is 1. The number of nitro groups is 1. The van der Waals surface area contributed by atoms with Crippen LogP contribution in [0.25, 0.3) is 0 Å². The highest BCUT2D eigenvalue weighted by atomic mass is 19.1. The molecule has 0 unspecified atom stereocenters. The smallest absolute Gasteiger partial charge is 0.269 e. The van der Waals surface area contributed by atoms with Crippen molar-refractivity contribution in [3.05, 3.63) is 69.8 Å². The standard InChI is InChI=1S/C13H10F2N2O2/c14-11-5-2-6-12(15)13(11)16-8-9-3-1-4-10(7-9)17(18)19/h1-7,16H,8H2. The second-order valence-electron chi connectivity index (χ2n) is 3.88. The highest BCUT2D eigenvalue weighted by Crippen LogP contribution is 2.20. The van der Waals surface area contributed by atoms with Gasteiger partial charge in [0.2, 0.25) is 0 Å². The molecule has 0 aromatic heterocycles. The van der Waals surface area contributed by atoms with E-state index in [2.05, 4.69) is 5.32 Å². The normalized spacial score (nSPS) is 10.2. The number of para-hydroxylation sites is 1. The molecule has 2 rings (SSSR count). The Morgan fingerprint density at radius 3 is 2.37 bits per heavy atom. The van der Waals surface area contributed by atoms with Crippen LogP contribution in [0.3, 0.4) is 0 Å². The van der Waals surface area contributed by atoms with Crippen LogP contribution in [0.1, 0.15) is 5.56 Å². The molecule has 2 aromatic rings. The van der Waals surface area contributed by atoms with Crippen molar-refractivity contribution in [2.24, 2.45) is 0 Å². The molecule has 0 aliphatic rings. The molecular weight excluding hydrogens is 254 g/mol. The van der Waals surface area contributed by atoms with E-state index in [1.165, 1.54) is 24.3 Å². The van der Waals surface area contributed by atoms with Crippen molar-refractivity contribution in [2.45, 2.75) is 6.54 Å². The van der Waals surface area contributed by atoms with Crippen LogP contribution in [0.5, 0.6) is 0 Å². The molecular formula is C13H10F2N2O2. The Kier molecular flexibility index (Phi) is 3.70. The van der Waals surface area contributed by atoms with E-state index in [1.54, 1.807) is 6.07 Å². The van der Waals surface area contributed by atoms with Gasteiger partial charge in [0.05, 0.1) is 4.92 Å². The van der Waals surface area contributed by atoms with Crippen LogP contribution in [0.2, 0.25) is 0 Å². The zero-order valence-electron chi connectivity index (χ0n) is 9.77. The number of halogens is 2. The number of nitrogens with zero attached hydrogens (tertiary/aromatic N) is 1. The number of hydrogen-bond donors (Lipinski definition) is 1. The Bertz CT molecular complexity index is 597. The topological polar surface area (TPSA) is 55.2 Å². The number of benzene rings is 2. The van der Waals surface area contributed by atoms with Gasteiger partial charge in [0.1, 0.15) is 17.3 Å². The first-order valence-corrected chi connectivity index (χ1v) is 5.49. The second-order valence-corrected chi connectivity index (χ2v) is 3.88. The summed E-state index contributed by atoms with van der Waals surface area (Å²) in [4.78, 5) is 10.1. The molecule has 0 aliphatic carbocycles. The average Bonchev–Trinajstić information content (AvgIpc) is 2.38. The van der Waals surface area contributed by atoms with Gasteiger partial charge >= 0.3 is 0 Å². The minimum absolute atomic E-state index is 0.0618.